The number of aryl methyl sites for hydroxylation is 3. The van der Waals surface area contributed by atoms with Crippen LogP contribution in [0.3, 0.4) is 0 Å². The van der Waals surface area contributed by atoms with Crippen molar-refractivity contribution in [3.05, 3.63) is 89.1 Å². The first-order valence-corrected chi connectivity index (χ1v) is 27.8. The lowest BCUT2D eigenvalue weighted by Crippen LogP contribution is -2.35. The van der Waals surface area contributed by atoms with Crippen molar-refractivity contribution in [2.24, 2.45) is 0 Å². The Labute approximate surface area is 518 Å². The first-order chi connectivity index (χ1) is 40.7. The third-order valence-electron chi connectivity index (χ3n) is 10.5. The molecule has 26 heteroatoms. The molecule has 4 amide bonds. The lowest BCUT2D eigenvalue weighted by Gasteiger charge is -2.25. The molecule has 0 unspecified atom stereocenters. The predicted molar refractivity (Wildman–Crippen MR) is 337 cm³/mol. The third kappa shape index (κ3) is 29.0. The van der Waals surface area contributed by atoms with Crippen LogP contribution < -0.4 is 49.4 Å². The molecule has 5 rings (SSSR count). The van der Waals surface area contributed by atoms with Gasteiger partial charge in [0.2, 0.25) is 0 Å². The fourth-order valence-corrected chi connectivity index (χ4v) is 6.58. The number of nitrogens with zero attached hydrogens (tertiary/aromatic N) is 8. The van der Waals surface area contributed by atoms with Crippen LogP contribution in [-0.4, -0.2) is 153 Å². The zero-order chi connectivity index (χ0) is 67.5. The summed E-state index contributed by atoms with van der Waals surface area (Å²) in [6.45, 7) is 29.2. The fourth-order valence-electron chi connectivity index (χ4n) is 6.58. The minimum absolute atomic E-state index is 0.00504. The van der Waals surface area contributed by atoms with Crippen molar-refractivity contribution in [3.63, 3.8) is 0 Å². The Balaban J connectivity index is 0.000000560. The van der Waals surface area contributed by atoms with Gasteiger partial charge in [-0.25, -0.2) is 44.1 Å². The third-order valence-corrected chi connectivity index (χ3v) is 10.5. The van der Waals surface area contributed by atoms with Crippen LogP contribution in [0, 0.1) is 20.8 Å². The van der Waals surface area contributed by atoms with Gasteiger partial charge in [0.25, 0.3) is 0 Å². The van der Waals surface area contributed by atoms with Crippen LogP contribution in [0.25, 0.3) is 0 Å². The summed E-state index contributed by atoms with van der Waals surface area (Å²) in [6, 6.07) is 17.6. The van der Waals surface area contributed by atoms with E-state index in [1.54, 1.807) is 146 Å². The number of carbonyl (C=O) groups excluding carboxylic acids is 5. The maximum absolute atomic E-state index is 12.2. The summed E-state index contributed by atoms with van der Waals surface area (Å²) < 4.78 is 51.6. The van der Waals surface area contributed by atoms with Crippen LogP contribution >= 0.6 is 0 Å². The minimum atomic E-state index is -0.624. The van der Waals surface area contributed by atoms with Crippen molar-refractivity contribution in [2.75, 3.05) is 95.7 Å². The standard InChI is InChI=1S/C16H24N2O5.C14H22N2O4.C13H20N2O3.C12H18N2O3.C7H10N2O/c1-7-22-13(19)10-11-8-9-12(21-6)14(17-11)18(5)15(20)23-16(2,3)4;1-14(2,3)20-13(18)16(4)12-11(19-5)7-6-10(15-12)8-9-17;1-9-7-8-10(17-6)11(14-9)15(5)12(16)18-13(2,3)4;1-8-6-7-9(16-5)10(13-8)14-11(15)17-12(2,3)4;1-5-3-4-6(10-2)7(8)9-5/h8-9H,7,10H2,1-6H3;6-7,17H,8-9H2,1-5H3;7-8H,1-6H3;6-7H,1-5H3,(H,13,14,15);3-4H,1-2H3,(H2,8,9). The van der Waals surface area contributed by atoms with E-state index in [4.69, 9.17) is 58.2 Å². The van der Waals surface area contributed by atoms with Gasteiger partial charge in [-0.1, -0.05) is 0 Å². The maximum Gasteiger partial charge on any atom is 0.415 e. The number of nitrogens with one attached hydrogen (secondary N) is 1. The molecule has 0 aliphatic heterocycles. The summed E-state index contributed by atoms with van der Waals surface area (Å²) in [5, 5.41) is 11.5. The zero-order valence-electron chi connectivity index (χ0n) is 55.8. The molecule has 488 valence electrons. The van der Waals surface area contributed by atoms with E-state index in [1.165, 1.54) is 43.1 Å². The largest absolute Gasteiger partial charge is 0.493 e. The molecule has 0 bridgehead atoms. The second kappa shape index (κ2) is 35.6. The molecular formula is C62H94N10O16. The Morgan fingerprint density at radius 2 is 0.818 bits per heavy atom. The number of methoxy groups -OCH3 is 5. The number of amides is 4. The molecule has 0 atom stereocenters. The number of rotatable bonds is 14. The predicted octanol–water partition coefficient (Wildman–Crippen LogP) is 11.1. The monoisotopic (exact) mass is 1230 g/mol. The summed E-state index contributed by atoms with van der Waals surface area (Å²) in [5.41, 5.74) is 6.87. The summed E-state index contributed by atoms with van der Waals surface area (Å²) in [7, 11) is 12.3. The van der Waals surface area contributed by atoms with Gasteiger partial charge in [-0.3, -0.25) is 24.8 Å². The number of esters is 1. The second-order valence-electron chi connectivity index (χ2n) is 22.9. The molecule has 0 aliphatic rings. The Hall–Kier alpha value is -8.94. The number of aliphatic hydroxyl groups excluding tert-OH is 1. The van der Waals surface area contributed by atoms with E-state index >= 15 is 0 Å². The highest BCUT2D eigenvalue weighted by Crippen LogP contribution is 2.30. The van der Waals surface area contributed by atoms with Crippen LogP contribution in [-0.2, 0) is 41.3 Å². The van der Waals surface area contributed by atoms with E-state index in [2.05, 4.69) is 30.2 Å². The lowest BCUT2D eigenvalue weighted by molar-refractivity contribution is -0.142. The van der Waals surface area contributed by atoms with Crippen molar-refractivity contribution in [3.8, 4) is 28.7 Å². The molecule has 5 aromatic heterocycles. The molecule has 0 radical (unpaired) electrons. The number of nitrogen functional groups attached to an aromatic ring is 1. The molecule has 0 aliphatic carbocycles. The van der Waals surface area contributed by atoms with E-state index in [-0.39, 0.29) is 24.8 Å². The normalized spacial score (nSPS) is 10.8. The quantitative estimate of drug-likeness (QED) is 0.0687. The molecular weight excluding hydrogens is 1140 g/mol. The smallest absolute Gasteiger partial charge is 0.415 e. The molecule has 26 nitrogen and oxygen atoms in total. The first-order valence-electron chi connectivity index (χ1n) is 27.8. The number of nitrogens with two attached hydrogens (primary N) is 1. The molecule has 0 fully saturated rings. The van der Waals surface area contributed by atoms with Crippen molar-refractivity contribution in [2.45, 2.75) is 146 Å². The van der Waals surface area contributed by atoms with E-state index in [0.717, 1.165) is 17.1 Å². The van der Waals surface area contributed by atoms with E-state index in [0.29, 0.717) is 76.4 Å². The average Bonchev–Trinajstić information content (AvgIpc) is 3.62. The van der Waals surface area contributed by atoms with Crippen LogP contribution in [0.2, 0.25) is 0 Å². The van der Waals surface area contributed by atoms with Gasteiger partial charge in [0.05, 0.1) is 54.3 Å². The SMILES string of the molecule is CCOC(=O)Cc1ccc(OC)c(N(C)C(=O)OC(C)(C)C)n1.COc1ccc(C)nc1N.COc1ccc(C)nc1N(C)C(=O)OC(C)(C)C.COc1ccc(C)nc1NC(=O)OC(C)(C)C.COc1ccc(CCO)nc1N(C)C(=O)OC(C)(C)C. The van der Waals surface area contributed by atoms with Gasteiger partial charge in [0.15, 0.2) is 57.8 Å². The van der Waals surface area contributed by atoms with Crippen molar-refractivity contribution in [1.29, 1.82) is 0 Å². The Kier molecular flexibility index (Phi) is 31.2. The van der Waals surface area contributed by atoms with Gasteiger partial charge in [-0.05, 0) is 171 Å². The molecule has 5 heterocycles. The maximum atomic E-state index is 12.2. The summed E-state index contributed by atoms with van der Waals surface area (Å²) >= 11 is 0. The minimum Gasteiger partial charge on any atom is -0.493 e. The molecule has 88 heavy (non-hydrogen) atoms. The van der Waals surface area contributed by atoms with Crippen molar-refractivity contribution < 1.29 is 76.4 Å². The first kappa shape index (κ1) is 77.1. The molecule has 5 aromatic rings. The number of hydrogen-bond acceptors (Lipinski definition) is 22. The lowest BCUT2D eigenvalue weighted by atomic mass is 10.2. The summed E-state index contributed by atoms with van der Waals surface area (Å²) in [5.74, 6) is 4.08. The Morgan fingerprint density at radius 3 is 1.19 bits per heavy atom. The van der Waals surface area contributed by atoms with Crippen molar-refractivity contribution in [1.82, 2.24) is 24.9 Å². The number of carbonyl (C=O) groups is 5. The molecule has 0 saturated heterocycles. The van der Waals surface area contributed by atoms with Crippen molar-refractivity contribution >= 4 is 59.4 Å². The zero-order valence-corrected chi connectivity index (χ0v) is 55.8. The molecule has 0 saturated carbocycles. The van der Waals surface area contributed by atoms with Crippen LogP contribution in [0.1, 0.15) is 118 Å². The van der Waals surface area contributed by atoms with E-state index < -0.39 is 46.8 Å². The topological polar surface area (TPSA) is 310 Å². The second-order valence-corrected chi connectivity index (χ2v) is 22.9. The van der Waals surface area contributed by atoms with Gasteiger partial charge in [0, 0.05) is 56.9 Å². The number of hydrogen-bond donors (Lipinski definition) is 3. The Bertz CT molecular complexity index is 3040. The molecule has 0 spiro atoms. The Morgan fingerprint density at radius 1 is 0.477 bits per heavy atom. The molecule has 0 aromatic carbocycles. The van der Waals surface area contributed by atoms with Crippen LogP contribution in [0.4, 0.5) is 48.3 Å². The summed E-state index contributed by atoms with van der Waals surface area (Å²) in [6.07, 6.45) is -1.64. The number of aliphatic hydroxyl groups is 1. The number of pyridine rings is 5. The van der Waals surface area contributed by atoms with Gasteiger partial charge in [0.1, 0.15) is 22.4 Å². The van der Waals surface area contributed by atoms with Gasteiger partial charge in [-0.15, -0.1) is 0 Å². The van der Waals surface area contributed by atoms with Gasteiger partial charge < -0.3 is 58.2 Å². The van der Waals surface area contributed by atoms with Crippen LogP contribution in [0.15, 0.2) is 60.7 Å². The highest BCUT2D eigenvalue weighted by atomic mass is 16.6. The van der Waals surface area contributed by atoms with E-state index in [1.807, 2.05) is 53.7 Å². The number of ether oxygens (including phenoxy) is 10. The van der Waals surface area contributed by atoms with Gasteiger partial charge in [-0.2, -0.15) is 0 Å². The fraction of sp³-hybridized carbons (Fsp3) is 0.516. The van der Waals surface area contributed by atoms with Crippen LogP contribution in [0.5, 0.6) is 28.7 Å². The highest BCUT2D eigenvalue weighted by Gasteiger charge is 2.27. The highest BCUT2D eigenvalue weighted by molar-refractivity contribution is 5.89. The van der Waals surface area contributed by atoms with Gasteiger partial charge >= 0.3 is 30.3 Å². The summed E-state index contributed by atoms with van der Waals surface area (Å²) in [4.78, 5) is 84.3. The average molecular weight is 1240 g/mol. The number of aromatic nitrogens is 5. The molecule has 4 N–H and O–H groups in total. The van der Waals surface area contributed by atoms with E-state index in [9.17, 15) is 24.0 Å². The number of anilines is 5.